The van der Waals surface area contributed by atoms with Gasteiger partial charge in [-0.05, 0) is 20.8 Å². The molecule has 78 valence electrons. The molecule has 1 rings (SSSR count). The molecule has 0 radical (unpaired) electrons. The zero-order valence-electron chi connectivity index (χ0n) is 8.44. The van der Waals surface area contributed by atoms with Gasteiger partial charge in [0.15, 0.2) is 0 Å². The quantitative estimate of drug-likeness (QED) is 0.791. The van der Waals surface area contributed by atoms with E-state index in [1.807, 2.05) is 12.3 Å². The van der Waals surface area contributed by atoms with Gasteiger partial charge in [0.05, 0.1) is 6.04 Å². The third kappa shape index (κ3) is 2.78. The van der Waals surface area contributed by atoms with Gasteiger partial charge < -0.3 is 10.4 Å². The number of hydrogen-bond donors (Lipinski definition) is 2. The summed E-state index contributed by atoms with van der Waals surface area (Å²) in [4.78, 5) is 15.5. The van der Waals surface area contributed by atoms with Gasteiger partial charge in [0.25, 0.3) is 5.91 Å². The third-order valence-corrected chi connectivity index (χ3v) is 2.68. The normalized spacial score (nSPS) is 13.7. The predicted molar refractivity (Wildman–Crippen MR) is 55.0 cm³/mol. The van der Waals surface area contributed by atoms with Gasteiger partial charge in [-0.3, -0.25) is 4.79 Å². The first-order valence-electron chi connectivity index (χ1n) is 4.34. The summed E-state index contributed by atoms with van der Waals surface area (Å²) in [6.45, 7) is 4.75. The second-order valence-electron chi connectivity index (χ2n) is 3.62. The zero-order valence-corrected chi connectivity index (χ0v) is 9.26. The van der Waals surface area contributed by atoms with Crippen molar-refractivity contribution in [2.24, 2.45) is 0 Å². The minimum atomic E-state index is -1.34. The minimum absolute atomic E-state index is 0.158. The Morgan fingerprint density at radius 3 is 2.79 bits per heavy atom. The summed E-state index contributed by atoms with van der Waals surface area (Å²) >= 11 is 1.48. The first-order chi connectivity index (χ1) is 6.41. The summed E-state index contributed by atoms with van der Waals surface area (Å²) in [5.74, 6) is -0.389. The van der Waals surface area contributed by atoms with Gasteiger partial charge in [-0.2, -0.15) is 0 Å². The second kappa shape index (κ2) is 4.06. The molecule has 0 spiro atoms. The number of carbonyl (C=O) groups is 1. The standard InChI is InChI=1S/C9H14N2O2S/c1-6(7-10-4-5-14-7)11-8(12)9(2,3)13/h4-6,13H,1-3H3,(H,11,12). The fraction of sp³-hybridized carbons (Fsp3) is 0.556. The van der Waals surface area contributed by atoms with E-state index in [2.05, 4.69) is 10.3 Å². The SMILES string of the molecule is CC(NC(=O)C(C)(C)O)c1nccs1. The summed E-state index contributed by atoms with van der Waals surface area (Å²) in [5, 5.41) is 14.8. The number of nitrogens with one attached hydrogen (secondary N) is 1. The number of aliphatic hydroxyl groups is 1. The lowest BCUT2D eigenvalue weighted by Crippen LogP contribution is -2.42. The van der Waals surface area contributed by atoms with Crippen LogP contribution in [0.5, 0.6) is 0 Å². The summed E-state index contributed by atoms with van der Waals surface area (Å²) < 4.78 is 0. The van der Waals surface area contributed by atoms with Crippen LogP contribution in [0.1, 0.15) is 31.8 Å². The van der Waals surface area contributed by atoms with Crippen LogP contribution in [0.2, 0.25) is 0 Å². The molecule has 0 bridgehead atoms. The van der Waals surface area contributed by atoms with E-state index in [0.717, 1.165) is 5.01 Å². The zero-order chi connectivity index (χ0) is 10.8. The monoisotopic (exact) mass is 214 g/mol. The number of amides is 1. The van der Waals surface area contributed by atoms with Crippen LogP contribution in [0.4, 0.5) is 0 Å². The Morgan fingerprint density at radius 1 is 1.71 bits per heavy atom. The highest BCUT2D eigenvalue weighted by Gasteiger charge is 2.25. The molecule has 0 fully saturated rings. The summed E-state index contributed by atoms with van der Waals surface area (Å²) in [7, 11) is 0. The molecule has 0 aliphatic heterocycles. The number of nitrogens with zero attached hydrogens (tertiary/aromatic N) is 1. The maximum absolute atomic E-state index is 11.4. The molecule has 14 heavy (non-hydrogen) atoms. The maximum Gasteiger partial charge on any atom is 0.251 e. The largest absolute Gasteiger partial charge is 0.381 e. The summed E-state index contributed by atoms with van der Waals surface area (Å²) in [6, 6.07) is -0.158. The van der Waals surface area contributed by atoms with E-state index in [-0.39, 0.29) is 11.9 Å². The van der Waals surface area contributed by atoms with Crippen molar-refractivity contribution in [3.8, 4) is 0 Å². The van der Waals surface area contributed by atoms with Gasteiger partial charge in [-0.25, -0.2) is 4.98 Å². The Balaban J connectivity index is 2.58. The first-order valence-corrected chi connectivity index (χ1v) is 5.22. The average molecular weight is 214 g/mol. The molecule has 1 amide bonds. The number of hydrogen-bond acceptors (Lipinski definition) is 4. The molecular weight excluding hydrogens is 200 g/mol. The fourth-order valence-corrected chi connectivity index (χ4v) is 1.53. The highest BCUT2D eigenvalue weighted by Crippen LogP contribution is 2.15. The first kappa shape index (κ1) is 11.1. The molecule has 1 atom stereocenters. The lowest BCUT2D eigenvalue weighted by molar-refractivity contribution is -0.137. The third-order valence-electron chi connectivity index (χ3n) is 1.73. The average Bonchev–Trinajstić information content (AvgIpc) is 2.53. The van der Waals surface area contributed by atoms with Crippen LogP contribution < -0.4 is 5.32 Å². The number of thiazole rings is 1. The number of rotatable bonds is 3. The number of carbonyl (C=O) groups excluding carboxylic acids is 1. The summed E-state index contributed by atoms with van der Waals surface area (Å²) in [6.07, 6.45) is 1.69. The Bertz CT molecular complexity index is 303. The van der Waals surface area contributed by atoms with Gasteiger partial charge >= 0.3 is 0 Å². The topological polar surface area (TPSA) is 62.2 Å². The molecular formula is C9H14N2O2S. The van der Waals surface area contributed by atoms with Crippen molar-refractivity contribution in [2.45, 2.75) is 32.4 Å². The van der Waals surface area contributed by atoms with Crippen molar-refractivity contribution in [2.75, 3.05) is 0 Å². The Kier molecular flexibility index (Phi) is 3.23. The molecule has 2 N–H and O–H groups in total. The highest BCUT2D eigenvalue weighted by atomic mass is 32.1. The van der Waals surface area contributed by atoms with E-state index in [4.69, 9.17) is 0 Å². The highest BCUT2D eigenvalue weighted by molar-refractivity contribution is 7.09. The Morgan fingerprint density at radius 2 is 2.36 bits per heavy atom. The lowest BCUT2D eigenvalue weighted by Gasteiger charge is -2.19. The van der Waals surface area contributed by atoms with Gasteiger partial charge in [-0.1, -0.05) is 0 Å². The van der Waals surface area contributed by atoms with Crippen LogP contribution in [0.15, 0.2) is 11.6 Å². The smallest absolute Gasteiger partial charge is 0.251 e. The van der Waals surface area contributed by atoms with Crippen molar-refractivity contribution < 1.29 is 9.90 Å². The van der Waals surface area contributed by atoms with Crippen LogP contribution >= 0.6 is 11.3 Å². The molecule has 0 saturated heterocycles. The number of aromatic nitrogens is 1. The molecule has 1 unspecified atom stereocenters. The van der Waals surface area contributed by atoms with E-state index >= 15 is 0 Å². The van der Waals surface area contributed by atoms with Crippen molar-refractivity contribution >= 4 is 17.2 Å². The second-order valence-corrected chi connectivity index (χ2v) is 4.55. The van der Waals surface area contributed by atoms with Crippen LogP contribution in [0.3, 0.4) is 0 Å². The lowest BCUT2D eigenvalue weighted by atomic mass is 10.1. The van der Waals surface area contributed by atoms with E-state index < -0.39 is 5.60 Å². The maximum atomic E-state index is 11.4. The van der Waals surface area contributed by atoms with Crippen LogP contribution in [0, 0.1) is 0 Å². The van der Waals surface area contributed by atoms with Crippen molar-refractivity contribution in [3.63, 3.8) is 0 Å². The molecule has 0 aromatic carbocycles. The molecule has 4 nitrogen and oxygen atoms in total. The van der Waals surface area contributed by atoms with E-state index in [0.29, 0.717) is 0 Å². The Hall–Kier alpha value is -0.940. The van der Waals surface area contributed by atoms with Gasteiger partial charge in [0, 0.05) is 11.6 Å². The fourth-order valence-electron chi connectivity index (χ4n) is 0.883. The molecule has 0 aliphatic carbocycles. The predicted octanol–water partition coefficient (Wildman–Crippen LogP) is 1.09. The van der Waals surface area contributed by atoms with Crippen molar-refractivity contribution in [1.82, 2.24) is 10.3 Å². The molecule has 0 saturated carbocycles. The van der Waals surface area contributed by atoms with Gasteiger partial charge in [0.1, 0.15) is 10.6 Å². The molecule has 5 heteroatoms. The van der Waals surface area contributed by atoms with Crippen LogP contribution in [-0.2, 0) is 4.79 Å². The van der Waals surface area contributed by atoms with E-state index in [1.54, 1.807) is 6.20 Å². The summed E-state index contributed by atoms with van der Waals surface area (Å²) in [5.41, 5.74) is -1.34. The minimum Gasteiger partial charge on any atom is -0.381 e. The van der Waals surface area contributed by atoms with E-state index in [1.165, 1.54) is 25.2 Å². The van der Waals surface area contributed by atoms with E-state index in [9.17, 15) is 9.90 Å². The molecule has 0 aliphatic rings. The van der Waals surface area contributed by atoms with Crippen molar-refractivity contribution in [3.05, 3.63) is 16.6 Å². The molecule has 1 aromatic heterocycles. The van der Waals surface area contributed by atoms with Crippen LogP contribution in [0.25, 0.3) is 0 Å². The molecule has 1 aromatic rings. The van der Waals surface area contributed by atoms with Gasteiger partial charge in [-0.15, -0.1) is 11.3 Å². The van der Waals surface area contributed by atoms with Crippen molar-refractivity contribution in [1.29, 1.82) is 0 Å². The Labute approximate surface area is 87.0 Å². The molecule has 1 heterocycles. The van der Waals surface area contributed by atoms with Crippen LogP contribution in [-0.4, -0.2) is 21.6 Å². The van der Waals surface area contributed by atoms with Gasteiger partial charge in [0.2, 0.25) is 0 Å².